The molecule has 0 fully saturated rings. The maximum atomic E-state index is 12.1. The minimum absolute atomic E-state index is 0.187. The molecule has 0 spiro atoms. The highest BCUT2D eigenvalue weighted by Gasteiger charge is 2.11. The van der Waals surface area contributed by atoms with Gasteiger partial charge in [0.25, 0.3) is 0 Å². The average molecular weight is 304 g/mol. The maximum Gasteiger partial charge on any atom is 0.0892 e. The van der Waals surface area contributed by atoms with E-state index < -0.39 is 16.9 Å². The van der Waals surface area contributed by atoms with Crippen LogP contribution in [-0.2, 0) is 22.1 Å². The molecular formula is C17H20O3S. The molecule has 2 rings (SSSR count). The molecule has 0 aliphatic carbocycles. The fourth-order valence-corrected chi connectivity index (χ4v) is 2.97. The first-order chi connectivity index (χ1) is 10.1. The largest absolute Gasteiger partial charge is 0.390 e. The lowest BCUT2D eigenvalue weighted by Crippen LogP contribution is -2.22. The number of hydrogen-bond acceptors (Lipinski definition) is 3. The van der Waals surface area contributed by atoms with E-state index in [0.29, 0.717) is 6.61 Å². The van der Waals surface area contributed by atoms with E-state index in [-0.39, 0.29) is 12.4 Å². The standard InChI is InChI=1S/C17H20O3S/c1-14-7-9-17(10-8-14)21(19)13-16(18)12-20-11-15-5-3-2-4-6-15/h2-10,16,18H,11-13H2,1H3/t16-,21-/m0/s1. The molecule has 2 atom stereocenters. The first-order valence-corrected chi connectivity index (χ1v) is 8.22. The highest BCUT2D eigenvalue weighted by Crippen LogP contribution is 2.10. The second-order valence-electron chi connectivity index (χ2n) is 4.98. The summed E-state index contributed by atoms with van der Waals surface area (Å²) in [7, 11) is -1.20. The third kappa shape index (κ3) is 5.42. The minimum Gasteiger partial charge on any atom is -0.390 e. The van der Waals surface area contributed by atoms with Crippen LogP contribution in [0.2, 0.25) is 0 Å². The number of benzene rings is 2. The lowest BCUT2D eigenvalue weighted by molar-refractivity contribution is 0.0394. The van der Waals surface area contributed by atoms with Crippen molar-refractivity contribution in [2.45, 2.75) is 24.5 Å². The summed E-state index contributed by atoms with van der Waals surface area (Å²) < 4.78 is 17.5. The molecule has 0 aromatic heterocycles. The summed E-state index contributed by atoms with van der Waals surface area (Å²) in [5.41, 5.74) is 2.19. The van der Waals surface area contributed by atoms with E-state index in [9.17, 15) is 9.32 Å². The topological polar surface area (TPSA) is 46.5 Å². The summed E-state index contributed by atoms with van der Waals surface area (Å²) in [6, 6.07) is 17.3. The van der Waals surface area contributed by atoms with E-state index in [2.05, 4.69) is 0 Å². The average Bonchev–Trinajstić information content (AvgIpc) is 2.49. The fraction of sp³-hybridized carbons (Fsp3) is 0.294. The number of aliphatic hydroxyl groups is 1. The zero-order chi connectivity index (χ0) is 15.1. The van der Waals surface area contributed by atoms with Gasteiger partial charge in [0.05, 0.1) is 35.9 Å². The van der Waals surface area contributed by atoms with E-state index in [0.717, 1.165) is 16.0 Å². The summed E-state index contributed by atoms with van der Waals surface area (Å²) in [6.07, 6.45) is -0.726. The Morgan fingerprint density at radius 3 is 2.43 bits per heavy atom. The summed E-state index contributed by atoms with van der Waals surface area (Å²) in [4.78, 5) is 0.739. The van der Waals surface area contributed by atoms with Crippen molar-refractivity contribution in [3.63, 3.8) is 0 Å². The van der Waals surface area contributed by atoms with Crippen molar-refractivity contribution in [2.24, 2.45) is 0 Å². The first kappa shape index (κ1) is 15.9. The molecule has 0 radical (unpaired) electrons. The second kappa shape index (κ2) is 8.08. The van der Waals surface area contributed by atoms with E-state index in [4.69, 9.17) is 4.74 Å². The van der Waals surface area contributed by atoms with Crippen molar-refractivity contribution in [3.8, 4) is 0 Å². The van der Waals surface area contributed by atoms with Gasteiger partial charge >= 0.3 is 0 Å². The lowest BCUT2D eigenvalue weighted by Gasteiger charge is -2.11. The van der Waals surface area contributed by atoms with Crippen molar-refractivity contribution < 1.29 is 14.1 Å². The number of aryl methyl sites for hydroxylation is 1. The number of aliphatic hydroxyl groups excluding tert-OH is 1. The molecule has 2 aromatic carbocycles. The van der Waals surface area contributed by atoms with Gasteiger partial charge in [0.1, 0.15) is 0 Å². The van der Waals surface area contributed by atoms with Gasteiger partial charge in [-0.3, -0.25) is 4.21 Å². The molecule has 112 valence electrons. The molecular weight excluding hydrogens is 284 g/mol. The van der Waals surface area contributed by atoms with Crippen LogP contribution in [0, 0.1) is 6.92 Å². The van der Waals surface area contributed by atoms with Crippen LogP contribution >= 0.6 is 0 Å². The Morgan fingerprint density at radius 1 is 1.10 bits per heavy atom. The van der Waals surface area contributed by atoms with Crippen LogP contribution in [0.3, 0.4) is 0 Å². The van der Waals surface area contributed by atoms with Gasteiger partial charge in [-0.2, -0.15) is 0 Å². The Balaban J connectivity index is 1.75. The van der Waals surface area contributed by atoms with E-state index >= 15 is 0 Å². The van der Waals surface area contributed by atoms with Gasteiger partial charge in [-0.1, -0.05) is 48.0 Å². The number of ether oxygens (including phenoxy) is 1. The third-order valence-electron chi connectivity index (χ3n) is 3.05. The van der Waals surface area contributed by atoms with Crippen molar-refractivity contribution in [3.05, 3.63) is 65.7 Å². The van der Waals surface area contributed by atoms with Gasteiger partial charge in [-0.15, -0.1) is 0 Å². The molecule has 2 aromatic rings. The van der Waals surface area contributed by atoms with Gasteiger partial charge in [0, 0.05) is 4.90 Å². The summed E-state index contributed by atoms with van der Waals surface area (Å²) in [5.74, 6) is 0.192. The Bertz CT molecular complexity index is 566. The molecule has 1 N–H and O–H groups in total. The molecule has 0 heterocycles. The highest BCUT2D eigenvalue weighted by atomic mass is 32.2. The smallest absolute Gasteiger partial charge is 0.0892 e. The zero-order valence-electron chi connectivity index (χ0n) is 12.1. The van der Waals surface area contributed by atoms with Crippen LogP contribution in [0.25, 0.3) is 0 Å². The molecule has 3 nitrogen and oxygen atoms in total. The minimum atomic E-state index is -1.20. The van der Waals surface area contributed by atoms with Gasteiger partial charge in [0.15, 0.2) is 0 Å². The summed E-state index contributed by atoms with van der Waals surface area (Å²) >= 11 is 0. The third-order valence-corrected chi connectivity index (χ3v) is 4.53. The molecule has 0 aliphatic heterocycles. The van der Waals surface area contributed by atoms with Gasteiger partial charge in [0.2, 0.25) is 0 Å². The van der Waals surface area contributed by atoms with Crippen LogP contribution in [-0.4, -0.2) is 27.8 Å². The lowest BCUT2D eigenvalue weighted by atomic mass is 10.2. The predicted octanol–water partition coefficient (Wildman–Crippen LogP) is 2.68. The van der Waals surface area contributed by atoms with E-state index in [1.54, 1.807) is 0 Å². The van der Waals surface area contributed by atoms with Crippen molar-refractivity contribution in [2.75, 3.05) is 12.4 Å². The molecule has 0 amide bonds. The molecule has 0 bridgehead atoms. The van der Waals surface area contributed by atoms with Crippen molar-refractivity contribution in [1.82, 2.24) is 0 Å². The molecule has 0 saturated carbocycles. The quantitative estimate of drug-likeness (QED) is 0.855. The zero-order valence-corrected chi connectivity index (χ0v) is 12.9. The van der Waals surface area contributed by atoms with Crippen LogP contribution in [0.4, 0.5) is 0 Å². The normalized spacial score (nSPS) is 13.8. The monoisotopic (exact) mass is 304 g/mol. The second-order valence-corrected chi connectivity index (χ2v) is 6.48. The van der Waals surface area contributed by atoms with Gasteiger partial charge < -0.3 is 9.84 Å². The highest BCUT2D eigenvalue weighted by molar-refractivity contribution is 7.85. The van der Waals surface area contributed by atoms with Gasteiger partial charge in [-0.05, 0) is 24.6 Å². The predicted molar refractivity (Wildman–Crippen MR) is 84.6 cm³/mol. The van der Waals surface area contributed by atoms with Crippen molar-refractivity contribution in [1.29, 1.82) is 0 Å². The SMILES string of the molecule is Cc1ccc([S@@](=O)C[C@@H](O)COCc2ccccc2)cc1. The number of hydrogen-bond donors (Lipinski definition) is 1. The first-order valence-electron chi connectivity index (χ1n) is 6.90. The Hall–Kier alpha value is -1.49. The molecule has 4 heteroatoms. The molecule has 21 heavy (non-hydrogen) atoms. The van der Waals surface area contributed by atoms with Gasteiger partial charge in [-0.25, -0.2) is 0 Å². The van der Waals surface area contributed by atoms with Crippen LogP contribution < -0.4 is 0 Å². The van der Waals surface area contributed by atoms with E-state index in [1.807, 2.05) is 61.5 Å². The van der Waals surface area contributed by atoms with E-state index in [1.165, 1.54) is 0 Å². The van der Waals surface area contributed by atoms with Crippen LogP contribution in [0.1, 0.15) is 11.1 Å². The maximum absolute atomic E-state index is 12.1. The van der Waals surface area contributed by atoms with Crippen LogP contribution in [0.5, 0.6) is 0 Å². The fourth-order valence-electron chi connectivity index (χ4n) is 1.90. The summed E-state index contributed by atoms with van der Waals surface area (Å²) in [5, 5.41) is 9.90. The Morgan fingerprint density at radius 2 is 1.76 bits per heavy atom. The Labute approximate surface area is 128 Å². The Kier molecular flexibility index (Phi) is 6.11. The molecule has 0 unspecified atom stereocenters. The van der Waals surface area contributed by atoms with Crippen molar-refractivity contribution >= 4 is 10.8 Å². The number of rotatable bonds is 7. The summed E-state index contributed by atoms with van der Waals surface area (Å²) in [6.45, 7) is 2.63. The molecule has 0 saturated heterocycles. The molecule has 0 aliphatic rings. The van der Waals surface area contributed by atoms with Crippen LogP contribution in [0.15, 0.2) is 59.5 Å².